The fourth-order valence-corrected chi connectivity index (χ4v) is 4.62. The molecule has 12 heteroatoms. The van der Waals surface area contributed by atoms with Crippen molar-refractivity contribution in [2.24, 2.45) is 0 Å². The van der Waals surface area contributed by atoms with E-state index in [1.54, 1.807) is 38.5 Å². The lowest BCUT2D eigenvalue weighted by molar-refractivity contribution is 0.117. The van der Waals surface area contributed by atoms with Gasteiger partial charge in [0, 0.05) is 38.0 Å². The number of halogens is 3. The van der Waals surface area contributed by atoms with Crippen LogP contribution in [0.3, 0.4) is 0 Å². The molecule has 33 heavy (non-hydrogen) atoms. The predicted molar refractivity (Wildman–Crippen MR) is 127 cm³/mol. The van der Waals surface area contributed by atoms with Gasteiger partial charge in [0.25, 0.3) is 0 Å². The zero-order chi connectivity index (χ0) is 24.2. The minimum absolute atomic E-state index is 0.0482. The van der Waals surface area contributed by atoms with Crippen LogP contribution in [0.5, 0.6) is 0 Å². The van der Waals surface area contributed by atoms with Gasteiger partial charge in [0.1, 0.15) is 16.5 Å². The molecular weight excluding hydrogens is 539 g/mol. The second-order valence-corrected chi connectivity index (χ2v) is 10.2. The summed E-state index contributed by atoms with van der Waals surface area (Å²) in [5.74, 6) is -0.0171. The summed E-state index contributed by atoms with van der Waals surface area (Å²) in [6.45, 7) is 0.128. The van der Waals surface area contributed by atoms with Crippen LogP contribution < -0.4 is 4.72 Å². The third kappa shape index (κ3) is 6.32. The number of nitrogens with one attached hydrogen (secondary N) is 2. The quantitative estimate of drug-likeness (QED) is 0.391. The number of carbonyl (C=O) groups is 1. The molecule has 0 aliphatic heterocycles. The Morgan fingerprint density at radius 1 is 1.24 bits per heavy atom. The fourth-order valence-electron chi connectivity index (χ4n) is 2.77. The lowest BCUT2D eigenvalue weighted by atomic mass is 10.2. The molecule has 0 saturated heterocycles. The van der Waals surface area contributed by atoms with Crippen molar-refractivity contribution in [2.45, 2.75) is 11.3 Å². The number of benzene rings is 2. The normalized spacial score (nSPS) is 11.4. The number of sulfonamides is 1. The van der Waals surface area contributed by atoms with E-state index in [4.69, 9.17) is 16.3 Å². The summed E-state index contributed by atoms with van der Waals surface area (Å²) < 4.78 is 47.1. The summed E-state index contributed by atoms with van der Waals surface area (Å²) in [5, 5.41) is 0.0482. The van der Waals surface area contributed by atoms with Crippen molar-refractivity contribution in [3.8, 4) is 22.6 Å². The minimum atomic E-state index is -3.92. The number of hydrogen-bond acceptors (Lipinski definition) is 5. The highest BCUT2D eigenvalue weighted by Gasteiger charge is 2.19. The zero-order valence-corrected chi connectivity index (χ0v) is 20.9. The van der Waals surface area contributed by atoms with E-state index in [1.807, 2.05) is 0 Å². The number of rotatable bonds is 8. The van der Waals surface area contributed by atoms with E-state index in [0.717, 1.165) is 0 Å². The van der Waals surface area contributed by atoms with Crippen LogP contribution in [0, 0.1) is 5.82 Å². The van der Waals surface area contributed by atoms with Crippen LogP contribution in [0.4, 0.5) is 9.18 Å². The summed E-state index contributed by atoms with van der Waals surface area (Å²) >= 11 is 9.26. The van der Waals surface area contributed by atoms with Crippen molar-refractivity contribution in [1.82, 2.24) is 19.6 Å². The maximum atomic E-state index is 13.8. The molecule has 0 spiro atoms. The molecule has 0 fully saturated rings. The van der Waals surface area contributed by atoms with Gasteiger partial charge in [-0.2, -0.15) is 0 Å². The Morgan fingerprint density at radius 3 is 2.67 bits per heavy atom. The Kier molecular flexibility index (Phi) is 8.11. The number of hydrogen-bond donors (Lipinski definition) is 2. The van der Waals surface area contributed by atoms with Crippen molar-refractivity contribution in [3.63, 3.8) is 0 Å². The van der Waals surface area contributed by atoms with E-state index in [9.17, 15) is 17.6 Å². The highest BCUT2D eigenvalue weighted by Crippen LogP contribution is 2.29. The maximum Gasteiger partial charge on any atom is 0.409 e. The topological polar surface area (TPSA) is 104 Å². The molecule has 176 valence electrons. The summed E-state index contributed by atoms with van der Waals surface area (Å²) in [5.41, 5.74) is 1.56. The SMILES string of the molecule is CN(C)C(=O)OCCCNS(=O)(=O)c1cc(-c2nc(-c3ccc(Br)c(F)c3)c[nH]2)ccc1Cl. The number of aromatic nitrogens is 2. The number of nitrogens with zero attached hydrogens (tertiary/aromatic N) is 2. The number of ether oxygens (including phenoxy) is 1. The smallest absolute Gasteiger partial charge is 0.409 e. The van der Waals surface area contributed by atoms with E-state index < -0.39 is 21.9 Å². The van der Waals surface area contributed by atoms with Gasteiger partial charge in [0.15, 0.2) is 0 Å². The average molecular weight is 560 g/mol. The van der Waals surface area contributed by atoms with Crippen LogP contribution in [0.1, 0.15) is 6.42 Å². The molecular formula is C21H21BrClFN4O4S. The first kappa shape index (κ1) is 25.2. The van der Waals surface area contributed by atoms with Gasteiger partial charge in [-0.1, -0.05) is 17.7 Å². The van der Waals surface area contributed by atoms with E-state index in [-0.39, 0.29) is 23.1 Å². The van der Waals surface area contributed by atoms with Gasteiger partial charge >= 0.3 is 6.09 Å². The number of imidazole rings is 1. The first-order chi connectivity index (χ1) is 15.6. The number of amides is 1. The maximum absolute atomic E-state index is 13.8. The number of carbonyl (C=O) groups excluding carboxylic acids is 1. The standard InChI is InChI=1S/C21H21BrClFN4O4S/c1-28(2)21(29)32-9-3-8-26-33(30,31)19-11-14(5-7-16(19)23)20-25-12-18(27-20)13-4-6-15(22)17(24)10-13/h4-7,10-12,26H,3,8-9H2,1-2H3,(H,25,27). The van der Waals surface area contributed by atoms with Crippen LogP contribution in [0.2, 0.25) is 5.02 Å². The molecule has 1 heterocycles. The Morgan fingerprint density at radius 2 is 1.97 bits per heavy atom. The first-order valence-electron chi connectivity index (χ1n) is 9.73. The third-order valence-electron chi connectivity index (χ3n) is 4.49. The van der Waals surface area contributed by atoms with Crippen molar-refractivity contribution >= 4 is 43.6 Å². The van der Waals surface area contributed by atoms with Crippen LogP contribution >= 0.6 is 27.5 Å². The molecule has 0 aliphatic rings. The molecule has 0 atom stereocenters. The molecule has 3 aromatic rings. The van der Waals surface area contributed by atoms with Gasteiger partial charge in [0.2, 0.25) is 10.0 Å². The summed E-state index contributed by atoms with van der Waals surface area (Å²) in [7, 11) is -0.814. The van der Waals surface area contributed by atoms with Gasteiger partial charge in [-0.05, 0) is 52.7 Å². The highest BCUT2D eigenvalue weighted by molar-refractivity contribution is 9.10. The van der Waals surface area contributed by atoms with Crippen molar-refractivity contribution in [2.75, 3.05) is 27.2 Å². The second-order valence-electron chi connectivity index (χ2n) is 7.17. The number of aromatic amines is 1. The Hall–Kier alpha value is -2.47. The van der Waals surface area contributed by atoms with Crippen molar-refractivity contribution in [3.05, 3.63) is 57.9 Å². The Balaban J connectivity index is 1.73. The van der Waals surface area contributed by atoms with Crippen molar-refractivity contribution in [1.29, 1.82) is 0 Å². The first-order valence-corrected chi connectivity index (χ1v) is 12.4. The van der Waals surface area contributed by atoms with E-state index in [0.29, 0.717) is 33.5 Å². The van der Waals surface area contributed by atoms with Crippen LogP contribution in [0.25, 0.3) is 22.6 Å². The zero-order valence-electron chi connectivity index (χ0n) is 17.7. The summed E-state index contributed by atoms with van der Waals surface area (Å²) in [6, 6.07) is 9.14. The molecule has 0 aliphatic carbocycles. The van der Waals surface area contributed by atoms with Gasteiger partial charge in [0.05, 0.1) is 21.8 Å². The molecule has 8 nitrogen and oxygen atoms in total. The van der Waals surface area contributed by atoms with Crippen LogP contribution in [-0.4, -0.2) is 56.6 Å². The fraction of sp³-hybridized carbons (Fsp3) is 0.238. The van der Waals surface area contributed by atoms with Crippen LogP contribution in [0.15, 0.2) is 52.0 Å². The van der Waals surface area contributed by atoms with Gasteiger partial charge in [-0.25, -0.2) is 27.3 Å². The van der Waals surface area contributed by atoms with E-state index in [1.165, 1.54) is 23.1 Å². The lowest BCUT2D eigenvalue weighted by Crippen LogP contribution is -2.27. The Bertz CT molecular complexity index is 1270. The summed E-state index contributed by atoms with van der Waals surface area (Å²) in [6.07, 6.45) is 1.40. The lowest BCUT2D eigenvalue weighted by Gasteiger charge is -2.12. The molecule has 2 N–H and O–H groups in total. The number of H-pyrrole nitrogens is 1. The Labute approximate surface area is 204 Å². The molecule has 0 unspecified atom stereocenters. The molecule has 2 aromatic carbocycles. The van der Waals surface area contributed by atoms with Gasteiger partial charge in [-0.3, -0.25) is 0 Å². The van der Waals surface area contributed by atoms with Crippen molar-refractivity contribution < 1.29 is 22.3 Å². The molecule has 3 rings (SSSR count). The minimum Gasteiger partial charge on any atom is -0.449 e. The molecule has 1 amide bonds. The summed E-state index contributed by atoms with van der Waals surface area (Å²) in [4.78, 5) is 20.0. The molecule has 0 radical (unpaired) electrons. The van der Waals surface area contributed by atoms with Gasteiger partial charge in [-0.15, -0.1) is 0 Å². The molecule has 1 aromatic heterocycles. The van der Waals surface area contributed by atoms with E-state index >= 15 is 0 Å². The third-order valence-corrected chi connectivity index (χ3v) is 7.08. The van der Waals surface area contributed by atoms with E-state index in [2.05, 4.69) is 30.6 Å². The molecule has 0 saturated carbocycles. The highest BCUT2D eigenvalue weighted by atomic mass is 79.9. The monoisotopic (exact) mass is 558 g/mol. The molecule has 0 bridgehead atoms. The predicted octanol–water partition coefficient (Wildman–Crippen LogP) is 4.67. The average Bonchev–Trinajstić information content (AvgIpc) is 3.25. The second kappa shape index (κ2) is 10.6. The largest absolute Gasteiger partial charge is 0.449 e. The van der Waals surface area contributed by atoms with Gasteiger partial charge < -0.3 is 14.6 Å². The van der Waals surface area contributed by atoms with Crippen LogP contribution in [-0.2, 0) is 14.8 Å².